The lowest BCUT2D eigenvalue weighted by atomic mass is 9.77. The van der Waals surface area contributed by atoms with Crippen LogP contribution in [-0.2, 0) is 4.79 Å². The van der Waals surface area contributed by atoms with Crippen LogP contribution in [-0.4, -0.2) is 5.78 Å². The van der Waals surface area contributed by atoms with Crippen molar-refractivity contribution < 1.29 is 4.79 Å². The highest BCUT2D eigenvalue weighted by molar-refractivity contribution is 5.79. The lowest BCUT2D eigenvalue weighted by Gasteiger charge is -2.26. The van der Waals surface area contributed by atoms with Crippen LogP contribution in [0.3, 0.4) is 0 Å². The molecule has 11 heavy (non-hydrogen) atoms. The summed E-state index contributed by atoms with van der Waals surface area (Å²) >= 11 is 0. The normalized spacial score (nSPS) is 13.7. The molecule has 0 aromatic heterocycles. The van der Waals surface area contributed by atoms with Gasteiger partial charge in [0.05, 0.1) is 6.07 Å². The predicted octanol–water partition coefficient (Wildman–Crippen LogP) is 2.15. The zero-order chi connectivity index (χ0) is 9.07. The molecule has 0 aromatic carbocycles. The van der Waals surface area contributed by atoms with E-state index in [1.165, 1.54) is 0 Å². The second kappa shape index (κ2) is 3.52. The Bertz CT molecular complexity index is 183. The Morgan fingerprint density at radius 3 is 2.09 bits per heavy atom. The Kier molecular flexibility index (Phi) is 3.25. The molecular weight excluding hydrogens is 138 g/mol. The van der Waals surface area contributed by atoms with Crippen LogP contribution in [0.25, 0.3) is 0 Å². The maximum atomic E-state index is 11.0. The van der Waals surface area contributed by atoms with E-state index in [0.29, 0.717) is 6.42 Å². The first-order valence-electron chi connectivity index (χ1n) is 3.77. The van der Waals surface area contributed by atoms with Gasteiger partial charge >= 0.3 is 0 Å². The first kappa shape index (κ1) is 10.2. The van der Waals surface area contributed by atoms with E-state index in [0.717, 1.165) is 0 Å². The summed E-state index contributed by atoms with van der Waals surface area (Å²) in [4.78, 5) is 11.0. The van der Waals surface area contributed by atoms with Gasteiger partial charge in [-0.1, -0.05) is 20.8 Å². The van der Waals surface area contributed by atoms with Crippen LogP contribution in [0.2, 0.25) is 0 Å². The van der Waals surface area contributed by atoms with Crippen LogP contribution in [0.15, 0.2) is 0 Å². The van der Waals surface area contributed by atoms with Gasteiger partial charge in [0.2, 0.25) is 0 Å². The predicted molar refractivity (Wildman–Crippen MR) is 43.9 cm³/mol. The van der Waals surface area contributed by atoms with Crippen LogP contribution in [0.4, 0.5) is 0 Å². The van der Waals surface area contributed by atoms with Crippen LogP contribution < -0.4 is 0 Å². The molecule has 0 amide bonds. The van der Waals surface area contributed by atoms with Crippen LogP contribution in [0, 0.1) is 22.7 Å². The molecule has 0 saturated heterocycles. The third-order valence-electron chi connectivity index (χ3n) is 1.83. The van der Waals surface area contributed by atoms with Crippen molar-refractivity contribution in [1.29, 1.82) is 5.26 Å². The van der Waals surface area contributed by atoms with E-state index in [2.05, 4.69) is 0 Å². The van der Waals surface area contributed by atoms with Crippen molar-refractivity contribution in [1.82, 2.24) is 0 Å². The summed E-state index contributed by atoms with van der Waals surface area (Å²) < 4.78 is 0. The van der Waals surface area contributed by atoms with Crippen molar-refractivity contribution in [3.8, 4) is 6.07 Å². The Morgan fingerprint density at radius 1 is 1.55 bits per heavy atom. The SMILES string of the molecule is CC(=O)[C@H](CC#N)C(C)(C)C. The van der Waals surface area contributed by atoms with Crippen molar-refractivity contribution in [2.45, 2.75) is 34.1 Å². The van der Waals surface area contributed by atoms with Gasteiger partial charge < -0.3 is 0 Å². The van der Waals surface area contributed by atoms with Crippen LogP contribution in [0.5, 0.6) is 0 Å². The van der Waals surface area contributed by atoms with Crippen LogP contribution >= 0.6 is 0 Å². The fourth-order valence-electron chi connectivity index (χ4n) is 1.15. The molecule has 0 fully saturated rings. The minimum absolute atomic E-state index is 0.0818. The van der Waals surface area contributed by atoms with Gasteiger partial charge in [0.15, 0.2) is 0 Å². The van der Waals surface area contributed by atoms with Gasteiger partial charge in [0.25, 0.3) is 0 Å². The number of carbonyl (C=O) groups is 1. The van der Waals surface area contributed by atoms with E-state index in [9.17, 15) is 4.79 Å². The topological polar surface area (TPSA) is 40.9 Å². The second-order valence-corrected chi connectivity index (χ2v) is 3.89. The molecule has 0 N–H and O–H groups in total. The van der Waals surface area contributed by atoms with E-state index in [4.69, 9.17) is 5.26 Å². The second-order valence-electron chi connectivity index (χ2n) is 3.89. The highest BCUT2D eigenvalue weighted by atomic mass is 16.1. The molecule has 0 aliphatic carbocycles. The summed E-state index contributed by atoms with van der Waals surface area (Å²) in [6, 6.07) is 2.03. The van der Waals surface area contributed by atoms with E-state index >= 15 is 0 Å². The monoisotopic (exact) mass is 153 g/mol. The van der Waals surface area contributed by atoms with Gasteiger partial charge in [-0.05, 0) is 12.3 Å². The smallest absolute Gasteiger partial charge is 0.134 e. The molecule has 0 rings (SSSR count). The Morgan fingerprint density at radius 2 is 2.00 bits per heavy atom. The minimum atomic E-state index is -0.118. The Balaban J connectivity index is 4.38. The van der Waals surface area contributed by atoms with Gasteiger partial charge in [-0.3, -0.25) is 4.79 Å². The van der Waals surface area contributed by atoms with E-state index in [-0.39, 0.29) is 17.1 Å². The van der Waals surface area contributed by atoms with Gasteiger partial charge in [0.1, 0.15) is 5.78 Å². The maximum Gasteiger partial charge on any atom is 0.134 e. The third kappa shape index (κ3) is 3.18. The van der Waals surface area contributed by atoms with Gasteiger partial charge in [-0.2, -0.15) is 5.26 Å². The number of hydrogen-bond acceptors (Lipinski definition) is 2. The third-order valence-corrected chi connectivity index (χ3v) is 1.83. The van der Waals surface area contributed by atoms with Crippen molar-refractivity contribution in [2.24, 2.45) is 11.3 Å². The average Bonchev–Trinajstić information content (AvgIpc) is 1.79. The largest absolute Gasteiger partial charge is 0.300 e. The minimum Gasteiger partial charge on any atom is -0.300 e. The van der Waals surface area contributed by atoms with Gasteiger partial charge in [0, 0.05) is 12.3 Å². The maximum absolute atomic E-state index is 11.0. The fraction of sp³-hybridized carbons (Fsp3) is 0.778. The molecule has 0 aliphatic rings. The molecule has 0 aromatic rings. The van der Waals surface area contributed by atoms with Crippen molar-refractivity contribution in [2.75, 3.05) is 0 Å². The molecule has 62 valence electrons. The van der Waals surface area contributed by atoms with E-state index in [1.54, 1.807) is 6.92 Å². The standard InChI is InChI=1S/C9H15NO/c1-7(11)8(5-6-10)9(2,3)4/h8H,5H2,1-4H3/t8-/m0/s1. The zero-order valence-electron chi connectivity index (χ0n) is 7.64. The summed E-state index contributed by atoms with van der Waals surface area (Å²) in [7, 11) is 0. The lowest BCUT2D eigenvalue weighted by molar-refractivity contribution is -0.123. The number of rotatable bonds is 2. The number of Topliss-reactive ketones (excluding diaryl/α,β-unsaturated/α-hetero) is 1. The first-order chi connectivity index (χ1) is 4.89. The molecule has 1 atom stereocenters. The summed E-state index contributed by atoms with van der Waals surface area (Å²) in [5.74, 6) is -0.00782. The summed E-state index contributed by atoms with van der Waals surface area (Å²) in [5.41, 5.74) is -0.0818. The van der Waals surface area contributed by atoms with Gasteiger partial charge in [-0.25, -0.2) is 0 Å². The van der Waals surface area contributed by atoms with Gasteiger partial charge in [-0.15, -0.1) is 0 Å². The fourth-order valence-corrected chi connectivity index (χ4v) is 1.15. The molecule has 2 nitrogen and oxygen atoms in total. The molecule has 0 spiro atoms. The lowest BCUT2D eigenvalue weighted by Crippen LogP contribution is -2.26. The molecular formula is C9H15NO. The first-order valence-corrected chi connectivity index (χ1v) is 3.77. The van der Waals surface area contributed by atoms with Crippen molar-refractivity contribution in [3.05, 3.63) is 0 Å². The molecule has 0 unspecified atom stereocenters. The summed E-state index contributed by atoms with van der Waals surface area (Å²) in [5, 5.41) is 8.45. The molecule has 0 heterocycles. The van der Waals surface area contributed by atoms with E-state index in [1.807, 2.05) is 26.8 Å². The molecule has 0 saturated carbocycles. The highest BCUT2D eigenvalue weighted by Crippen LogP contribution is 2.28. The molecule has 2 heteroatoms. The number of carbonyl (C=O) groups excluding carboxylic acids is 1. The van der Waals surface area contributed by atoms with Crippen LogP contribution in [0.1, 0.15) is 34.1 Å². The number of ketones is 1. The molecule has 0 aliphatic heterocycles. The number of hydrogen-bond donors (Lipinski definition) is 0. The molecule has 0 bridgehead atoms. The van der Waals surface area contributed by atoms with Crippen molar-refractivity contribution >= 4 is 5.78 Å². The zero-order valence-corrected chi connectivity index (χ0v) is 7.64. The van der Waals surface area contributed by atoms with Crippen molar-refractivity contribution in [3.63, 3.8) is 0 Å². The number of nitriles is 1. The quantitative estimate of drug-likeness (QED) is 0.610. The number of nitrogens with zero attached hydrogens (tertiary/aromatic N) is 1. The average molecular weight is 153 g/mol. The highest BCUT2D eigenvalue weighted by Gasteiger charge is 2.27. The summed E-state index contributed by atoms with van der Waals surface area (Å²) in [6.45, 7) is 7.50. The summed E-state index contributed by atoms with van der Waals surface area (Å²) in [6.07, 6.45) is 0.332. The Labute approximate surface area is 68.2 Å². The van der Waals surface area contributed by atoms with E-state index < -0.39 is 0 Å². The Hall–Kier alpha value is -0.840. The molecule has 0 radical (unpaired) electrons.